The van der Waals surface area contributed by atoms with E-state index >= 15 is 0 Å². The quantitative estimate of drug-likeness (QED) is 0.825. The van der Waals surface area contributed by atoms with Gasteiger partial charge in [0.2, 0.25) is 0 Å². The van der Waals surface area contributed by atoms with Gasteiger partial charge in [-0.15, -0.1) is 0 Å². The van der Waals surface area contributed by atoms with Gasteiger partial charge in [-0.2, -0.15) is 0 Å². The molecule has 0 amide bonds. The first-order chi connectivity index (χ1) is 9.95. The Kier molecular flexibility index (Phi) is 5.37. The van der Waals surface area contributed by atoms with Crippen molar-refractivity contribution in [2.75, 3.05) is 0 Å². The van der Waals surface area contributed by atoms with Crippen LogP contribution in [0, 0.1) is 11.7 Å². The molecule has 0 spiro atoms. The van der Waals surface area contributed by atoms with Crippen LogP contribution in [0.5, 0.6) is 0 Å². The first-order valence-corrected chi connectivity index (χ1v) is 7.54. The molecule has 1 unspecified atom stereocenters. The van der Waals surface area contributed by atoms with Gasteiger partial charge in [-0.25, -0.2) is 4.39 Å². The van der Waals surface area contributed by atoms with E-state index in [2.05, 4.69) is 15.9 Å². The Morgan fingerprint density at radius 2 is 1.86 bits per heavy atom. The fraction of sp³-hybridized carbons (Fsp3) is 0.188. The van der Waals surface area contributed by atoms with E-state index in [1.807, 2.05) is 0 Å². The summed E-state index contributed by atoms with van der Waals surface area (Å²) in [6.45, 7) is 0. The molecular formula is C16H13BrClFO2. The molecule has 0 aromatic heterocycles. The van der Waals surface area contributed by atoms with Crippen molar-refractivity contribution in [1.82, 2.24) is 0 Å². The zero-order chi connectivity index (χ0) is 15.4. The van der Waals surface area contributed by atoms with E-state index in [1.54, 1.807) is 30.3 Å². The second-order valence-corrected chi connectivity index (χ2v) is 6.10. The summed E-state index contributed by atoms with van der Waals surface area (Å²) >= 11 is 9.14. The summed E-state index contributed by atoms with van der Waals surface area (Å²) in [7, 11) is 0. The van der Waals surface area contributed by atoms with Crippen LogP contribution in [0.1, 0.15) is 11.1 Å². The summed E-state index contributed by atoms with van der Waals surface area (Å²) < 4.78 is 14.0. The van der Waals surface area contributed by atoms with E-state index in [9.17, 15) is 14.3 Å². The lowest BCUT2D eigenvalue weighted by molar-refractivity contribution is -0.141. The molecular weight excluding hydrogens is 359 g/mol. The van der Waals surface area contributed by atoms with Gasteiger partial charge in [-0.05, 0) is 54.3 Å². The molecule has 0 saturated heterocycles. The van der Waals surface area contributed by atoms with Crippen LogP contribution in [0.25, 0.3) is 0 Å². The van der Waals surface area contributed by atoms with E-state index in [-0.39, 0.29) is 12.2 Å². The standard InChI is InChI=1S/C16H13BrClFO2/c17-15-6-5-14(19)9-11(15)8-12(16(20)21)7-10-1-3-13(18)4-2-10/h1-6,9,12H,7-8H2,(H,20,21). The van der Waals surface area contributed by atoms with E-state index < -0.39 is 11.9 Å². The minimum absolute atomic E-state index is 0.260. The number of benzene rings is 2. The maximum atomic E-state index is 13.3. The SMILES string of the molecule is O=C(O)C(Cc1ccc(Cl)cc1)Cc1cc(F)ccc1Br. The Labute approximate surface area is 135 Å². The highest BCUT2D eigenvalue weighted by molar-refractivity contribution is 9.10. The fourth-order valence-corrected chi connectivity index (χ4v) is 2.65. The van der Waals surface area contributed by atoms with Gasteiger partial charge in [0, 0.05) is 9.50 Å². The Morgan fingerprint density at radius 3 is 2.48 bits per heavy atom. The van der Waals surface area contributed by atoms with Gasteiger partial charge < -0.3 is 5.11 Å². The van der Waals surface area contributed by atoms with Crippen LogP contribution in [0.3, 0.4) is 0 Å². The summed E-state index contributed by atoms with van der Waals surface area (Å²) in [5, 5.41) is 9.99. The first kappa shape index (κ1) is 16.0. The molecule has 2 nitrogen and oxygen atoms in total. The zero-order valence-electron chi connectivity index (χ0n) is 11.0. The normalized spacial score (nSPS) is 12.1. The van der Waals surface area contributed by atoms with Crippen molar-refractivity contribution in [3.63, 3.8) is 0 Å². The molecule has 5 heteroatoms. The van der Waals surface area contributed by atoms with Gasteiger partial charge >= 0.3 is 5.97 Å². The predicted octanol–water partition coefficient (Wildman–Crippen LogP) is 4.73. The topological polar surface area (TPSA) is 37.3 Å². The first-order valence-electron chi connectivity index (χ1n) is 6.37. The average Bonchev–Trinajstić information content (AvgIpc) is 2.44. The smallest absolute Gasteiger partial charge is 0.307 e. The summed E-state index contributed by atoms with van der Waals surface area (Å²) in [5.41, 5.74) is 1.54. The largest absolute Gasteiger partial charge is 0.481 e. The van der Waals surface area contributed by atoms with Crippen LogP contribution in [0.15, 0.2) is 46.9 Å². The lowest BCUT2D eigenvalue weighted by atomic mass is 9.92. The molecule has 2 aromatic carbocycles. The van der Waals surface area contributed by atoms with Crippen LogP contribution >= 0.6 is 27.5 Å². The third-order valence-corrected chi connectivity index (χ3v) is 4.24. The minimum atomic E-state index is -0.902. The van der Waals surface area contributed by atoms with E-state index in [4.69, 9.17) is 11.6 Å². The molecule has 0 aliphatic heterocycles. The predicted molar refractivity (Wildman–Crippen MR) is 84.1 cm³/mol. The van der Waals surface area contributed by atoms with Crippen LogP contribution in [-0.2, 0) is 17.6 Å². The maximum absolute atomic E-state index is 13.3. The maximum Gasteiger partial charge on any atom is 0.307 e. The van der Waals surface area contributed by atoms with Crippen molar-refractivity contribution in [1.29, 1.82) is 0 Å². The molecule has 0 radical (unpaired) electrons. The highest BCUT2D eigenvalue weighted by Gasteiger charge is 2.20. The Balaban J connectivity index is 2.17. The number of aliphatic carboxylic acids is 1. The van der Waals surface area contributed by atoms with Crippen LogP contribution in [0.4, 0.5) is 4.39 Å². The molecule has 0 fully saturated rings. The number of carboxylic acid groups (broad SMARTS) is 1. The summed E-state index contributed by atoms with van der Waals surface area (Å²) in [6, 6.07) is 11.4. The van der Waals surface area contributed by atoms with Crippen molar-refractivity contribution in [2.24, 2.45) is 5.92 Å². The second kappa shape index (κ2) is 7.05. The molecule has 0 aliphatic carbocycles. The Hall–Kier alpha value is -1.39. The van der Waals surface area contributed by atoms with Gasteiger partial charge in [0.05, 0.1) is 5.92 Å². The molecule has 1 N–H and O–H groups in total. The molecule has 1 atom stereocenters. The fourth-order valence-electron chi connectivity index (χ4n) is 2.12. The van der Waals surface area contributed by atoms with E-state index in [1.165, 1.54) is 12.1 Å². The average molecular weight is 372 g/mol. The van der Waals surface area contributed by atoms with E-state index in [0.717, 1.165) is 5.56 Å². The number of halogens is 3. The van der Waals surface area contributed by atoms with Crippen molar-refractivity contribution in [3.8, 4) is 0 Å². The monoisotopic (exact) mass is 370 g/mol. The molecule has 0 heterocycles. The Morgan fingerprint density at radius 1 is 1.19 bits per heavy atom. The van der Waals surface area contributed by atoms with Gasteiger partial charge in [0.15, 0.2) is 0 Å². The molecule has 0 saturated carbocycles. The van der Waals surface area contributed by atoms with Crippen molar-refractivity contribution in [3.05, 3.63) is 68.9 Å². The van der Waals surface area contributed by atoms with Crippen LogP contribution < -0.4 is 0 Å². The highest BCUT2D eigenvalue weighted by Crippen LogP contribution is 2.23. The summed E-state index contributed by atoms with van der Waals surface area (Å²) in [4.78, 5) is 11.4. The van der Waals surface area contributed by atoms with E-state index in [0.29, 0.717) is 21.5 Å². The third-order valence-electron chi connectivity index (χ3n) is 3.22. The molecule has 2 rings (SSSR count). The van der Waals surface area contributed by atoms with Crippen molar-refractivity contribution in [2.45, 2.75) is 12.8 Å². The Bertz CT molecular complexity index is 643. The molecule has 2 aromatic rings. The van der Waals surface area contributed by atoms with Gasteiger partial charge in [0.1, 0.15) is 5.82 Å². The molecule has 0 bridgehead atoms. The second-order valence-electron chi connectivity index (χ2n) is 4.81. The van der Waals surface area contributed by atoms with Gasteiger partial charge in [0.25, 0.3) is 0 Å². The zero-order valence-corrected chi connectivity index (χ0v) is 13.4. The lowest BCUT2D eigenvalue weighted by Gasteiger charge is -2.14. The van der Waals surface area contributed by atoms with Gasteiger partial charge in [-0.3, -0.25) is 4.79 Å². The van der Waals surface area contributed by atoms with Gasteiger partial charge in [-0.1, -0.05) is 39.7 Å². The molecule has 0 aliphatic rings. The number of rotatable bonds is 5. The molecule has 110 valence electrons. The minimum Gasteiger partial charge on any atom is -0.481 e. The highest BCUT2D eigenvalue weighted by atomic mass is 79.9. The summed E-state index contributed by atoms with van der Waals surface area (Å²) in [6.07, 6.45) is 0.631. The van der Waals surface area contributed by atoms with Crippen LogP contribution in [0.2, 0.25) is 5.02 Å². The number of hydrogen-bond acceptors (Lipinski definition) is 1. The number of hydrogen-bond donors (Lipinski definition) is 1. The molecule has 21 heavy (non-hydrogen) atoms. The lowest BCUT2D eigenvalue weighted by Crippen LogP contribution is -2.19. The number of carboxylic acids is 1. The summed E-state index contributed by atoms with van der Waals surface area (Å²) in [5.74, 6) is -1.89. The third kappa shape index (κ3) is 4.55. The van der Waals surface area contributed by atoms with Crippen molar-refractivity contribution < 1.29 is 14.3 Å². The number of carbonyl (C=O) groups is 1. The van der Waals surface area contributed by atoms with Crippen molar-refractivity contribution >= 4 is 33.5 Å². The van der Waals surface area contributed by atoms with Crippen LogP contribution in [-0.4, -0.2) is 11.1 Å².